The second-order valence-electron chi connectivity index (χ2n) is 9.53. The number of aromatic nitrogens is 1. The fourth-order valence-electron chi connectivity index (χ4n) is 5.02. The number of halogens is 5. The first-order chi connectivity index (χ1) is 17.8. The van der Waals surface area contributed by atoms with Crippen molar-refractivity contribution in [2.24, 2.45) is 5.92 Å². The molecule has 3 heterocycles. The molecule has 0 bridgehead atoms. The third-order valence-corrected chi connectivity index (χ3v) is 7.39. The Morgan fingerprint density at radius 2 is 1.97 bits per heavy atom. The van der Waals surface area contributed by atoms with Gasteiger partial charge in [0.25, 0.3) is 5.91 Å². The minimum atomic E-state index is -4.88. The number of ether oxygens (including phenoxy) is 2. The Hall–Kier alpha value is -3.32. The van der Waals surface area contributed by atoms with E-state index in [0.717, 1.165) is 26.2 Å². The maximum absolute atomic E-state index is 14.5. The summed E-state index contributed by atoms with van der Waals surface area (Å²) in [5.41, 5.74) is -2.75. The number of nitrogens with zero attached hydrogens (tertiary/aromatic N) is 2. The van der Waals surface area contributed by atoms with Gasteiger partial charge in [-0.3, -0.25) is 14.5 Å². The van der Waals surface area contributed by atoms with E-state index in [0.29, 0.717) is 6.54 Å². The number of alkyl halides is 3. The average Bonchev–Trinajstić information content (AvgIpc) is 3.38. The number of hydrogen-bond acceptors (Lipinski definition) is 6. The van der Waals surface area contributed by atoms with E-state index in [4.69, 9.17) is 9.47 Å². The lowest BCUT2D eigenvalue weighted by Crippen LogP contribution is -2.47. The zero-order chi connectivity index (χ0) is 28.0. The van der Waals surface area contributed by atoms with E-state index in [2.05, 4.69) is 15.6 Å². The number of amides is 2. The predicted molar refractivity (Wildman–Crippen MR) is 127 cm³/mol. The number of nitrogens with one attached hydrogen (secondary N) is 2. The number of hydrogen-bond donors (Lipinski definition) is 2. The standard InChI is InChI=1S/C25H27F5N4O4/c1-12-19(15-5-6-16(26)20(27)21(15)37-4)22(38-24(12,2)25(28,29)30)23(36)33-13-7-8-32-17(9-13)34-11-14(31-3)10-18(34)35/h5-9,12,14,19,22,31H,10-11H2,1-4H3,(H,32,33,36)/t12-,14+,19-,22+,24+/m0/s1. The van der Waals surface area contributed by atoms with Gasteiger partial charge < -0.3 is 20.1 Å². The van der Waals surface area contributed by atoms with Gasteiger partial charge in [0.1, 0.15) is 11.9 Å². The van der Waals surface area contributed by atoms with Crippen molar-refractivity contribution < 1.29 is 41.0 Å². The molecule has 1 aromatic heterocycles. The number of pyridine rings is 1. The van der Waals surface area contributed by atoms with Gasteiger partial charge in [-0.25, -0.2) is 9.37 Å². The van der Waals surface area contributed by atoms with Crippen LogP contribution >= 0.6 is 0 Å². The van der Waals surface area contributed by atoms with E-state index in [1.54, 1.807) is 7.05 Å². The Morgan fingerprint density at radius 3 is 2.58 bits per heavy atom. The largest absolute Gasteiger partial charge is 0.493 e. The van der Waals surface area contributed by atoms with Crippen LogP contribution in [0.2, 0.25) is 0 Å². The van der Waals surface area contributed by atoms with Crippen molar-refractivity contribution in [1.29, 1.82) is 0 Å². The predicted octanol–water partition coefficient (Wildman–Crippen LogP) is 3.77. The molecule has 38 heavy (non-hydrogen) atoms. The molecule has 2 aliphatic heterocycles. The summed E-state index contributed by atoms with van der Waals surface area (Å²) in [6.45, 7) is 2.39. The highest BCUT2D eigenvalue weighted by molar-refractivity contribution is 5.98. The lowest BCUT2D eigenvalue weighted by Gasteiger charge is -2.32. The molecule has 2 amide bonds. The number of methoxy groups -OCH3 is 1. The molecule has 2 aliphatic rings. The van der Waals surface area contributed by atoms with Crippen molar-refractivity contribution in [3.05, 3.63) is 47.7 Å². The normalized spacial score (nSPS) is 27.6. The van der Waals surface area contributed by atoms with E-state index in [9.17, 15) is 31.5 Å². The van der Waals surface area contributed by atoms with Crippen molar-refractivity contribution in [3.63, 3.8) is 0 Å². The Bertz CT molecular complexity index is 1240. The highest BCUT2D eigenvalue weighted by Crippen LogP contribution is 2.55. The molecular weight excluding hydrogens is 515 g/mol. The lowest BCUT2D eigenvalue weighted by atomic mass is 9.77. The molecule has 0 unspecified atom stereocenters. The number of anilines is 2. The minimum absolute atomic E-state index is 0.0807. The number of carbonyl (C=O) groups excluding carboxylic acids is 2. The van der Waals surface area contributed by atoms with Crippen LogP contribution in [0.1, 0.15) is 31.7 Å². The summed E-state index contributed by atoms with van der Waals surface area (Å²) in [7, 11) is 2.78. The topological polar surface area (TPSA) is 92.8 Å². The van der Waals surface area contributed by atoms with E-state index in [1.165, 1.54) is 30.2 Å². The maximum atomic E-state index is 14.5. The van der Waals surface area contributed by atoms with Crippen LogP contribution in [0.3, 0.4) is 0 Å². The molecule has 0 spiro atoms. The molecule has 2 aromatic rings. The SMILES string of the molecule is CN[C@@H]1CC(=O)N(c2cc(NC(=O)[C@@H]3O[C@@](C)(C(F)(F)F)[C@@H](C)[C@H]3c3ccc(F)c(F)c3OC)ccn2)C1. The summed E-state index contributed by atoms with van der Waals surface area (Å²) in [5, 5.41) is 5.54. The molecule has 0 saturated carbocycles. The Morgan fingerprint density at radius 1 is 1.26 bits per heavy atom. The molecular formula is C25H27F5N4O4. The second kappa shape index (κ2) is 10.1. The van der Waals surface area contributed by atoms with Crippen molar-refractivity contribution in [2.75, 3.05) is 30.9 Å². The number of carbonyl (C=O) groups is 2. The van der Waals surface area contributed by atoms with E-state index in [1.807, 2.05) is 0 Å². The molecule has 2 fully saturated rings. The zero-order valence-corrected chi connectivity index (χ0v) is 21.0. The van der Waals surface area contributed by atoms with Gasteiger partial charge in [-0.2, -0.15) is 17.6 Å². The molecule has 2 N–H and O–H groups in total. The van der Waals surface area contributed by atoms with Gasteiger partial charge in [-0.1, -0.05) is 13.0 Å². The molecule has 2 saturated heterocycles. The maximum Gasteiger partial charge on any atom is 0.417 e. The highest BCUT2D eigenvalue weighted by Gasteiger charge is 2.66. The summed E-state index contributed by atoms with van der Waals surface area (Å²) in [5.74, 6) is -6.84. The van der Waals surface area contributed by atoms with Crippen LogP contribution in [0.5, 0.6) is 5.75 Å². The zero-order valence-electron chi connectivity index (χ0n) is 21.0. The Labute approximate surface area is 215 Å². The summed E-state index contributed by atoms with van der Waals surface area (Å²) in [6.07, 6.45) is -5.01. The van der Waals surface area contributed by atoms with E-state index < -0.39 is 53.0 Å². The van der Waals surface area contributed by atoms with Gasteiger partial charge in [0.05, 0.1) is 7.11 Å². The van der Waals surface area contributed by atoms with Crippen molar-refractivity contribution in [1.82, 2.24) is 10.3 Å². The van der Waals surface area contributed by atoms with Crippen LogP contribution in [0, 0.1) is 17.6 Å². The fourth-order valence-corrected chi connectivity index (χ4v) is 5.02. The molecule has 0 radical (unpaired) electrons. The number of likely N-dealkylation sites (N-methyl/N-ethyl adjacent to an activating group) is 1. The van der Waals surface area contributed by atoms with Crippen LogP contribution < -0.4 is 20.3 Å². The Kier molecular flexibility index (Phi) is 7.36. The van der Waals surface area contributed by atoms with Gasteiger partial charge in [-0.05, 0) is 26.1 Å². The quantitative estimate of drug-likeness (QED) is 0.540. The van der Waals surface area contributed by atoms with Gasteiger partial charge in [0.2, 0.25) is 11.7 Å². The van der Waals surface area contributed by atoms with Gasteiger partial charge in [-0.15, -0.1) is 0 Å². The lowest BCUT2D eigenvalue weighted by molar-refractivity contribution is -0.272. The van der Waals surface area contributed by atoms with E-state index >= 15 is 0 Å². The van der Waals surface area contributed by atoms with Gasteiger partial charge in [0.15, 0.2) is 17.2 Å². The average molecular weight is 543 g/mol. The summed E-state index contributed by atoms with van der Waals surface area (Å²) in [6, 6.07) is 4.60. The molecule has 206 valence electrons. The van der Waals surface area contributed by atoms with Crippen LogP contribution in [-0.4, -0.2) is 61.4 Å². The first-order valence-electron chi connectivity index (χ1n) is 11.8. The number of benzene rings is 1. The molecule has 13 heteroatoms. The first-order valence-corrected chi connectivity index (χ1v) is 11.8. The molecule has 5 atom stereocenters. The molecule has 1 aromatic carbocycles. The van der Waals surface area contributed by atoms with Crippen LogP contribution in [0.15, 0.2) is 30.5 Å². The van der Waals surface area contributed by atoms with Crippen LogP contribution in [0.4, 0.5) is 33.5 Å². The van der Waals surface area contributed by atoms with Crippen LogP contribution in [-0.2, 0) is 14.3 Å². The van der Waals surface area contributed by atoms with E-state index in [-0.39, 0.29) is 35.4 Å². The number of rotatable bonds is 6. The smallest absolute Gasteiger partial charge is 0.417 e. The fraction of sp³-hybridized carbons (Fsp3) is 0.480. The highest BCUT2D eigenvalue weighted by atomic mass is 19.4. The monoisotopic (exact) mass is 542 g/mol. The first kappa shape index (κ1) is 27.7. The Balaban J connectivity index is 1.68. The van der Waals surface area contributed by atoms with Gasteiger partial charge in [0, 0.05) is 54.4 Å². The minimum Gasteiger partial charge on any atom is -0.493 e. The van der Waals surface area contributed by atoms with Gasteiger partial charge >= 0.3 is 6.18 Å². The summed E-state index contributed by atoms with van der Waals surface area (Å²) in [4.78, 5) is 31.3. The third kappa shape index (κ3) is 4.68. The van der Waals surface area contributed by atoms with Crippen molar-refractivity contribution >= 4 is 23.3 Å². The van der Waals surface area contributed by atoms with Crippen molar-refractivity contribution in [2.45, 2.75) is 50.1 Å². The van der Waals surface area contributed by atoms with Crippen molar-refractivity contribution in [3.8, 4) is 5.75 Å². The summed E-state index contributed by atoms with van der Waals surface area (Å²) < 4.78 is 81.1. The molecule has 8 nitrogen and oxygen atoms in total. The molecule has 0 aliphatic carbocycles. The second-order valence-corrected chi connectivity index (χ2v) is 9.53. The summed E-state index contributed by atoms with van der Waals surface area (Å²) >= 11 is 0. The molecule has 4 rings (SSSR count). The third-order valence-electron chi connectivity index (χ3n) is 7.39. The van der Waals surface area contributed by atoms with Crippen LogP contribution in [0.25, 0.3) is 0 Å².